The molecule has 0 bridgehead atoms. The molecule has 0 amide bonds. The molecular formula is C23H25N5O3S. The second-order valence-electron chi connectivity index (χ2n) is 7.26. The Morgan fingerprint density at radius 2 is 1.62 bits per heavy atom. The molecule has 0 unspecified atom stereocenters. The second kappa shape index (κ2) is 8.97. The first kappa shape index (κ1) is 21.8. The molecule has 0 fully saturated rings. The second-order valence-corrected chi connectivity index (χ2v) is 9.53. The molecule has 0 saturated carbocycles. The van der Waals surface area contributed by atoms with Gasteiger partial charge in [0.15, 0.2) is 9.84 Å². The van der Waals surface area contributed by atoms with Gasteiger partial charge < -0.3 is 9.73 Å². The van der Waals surface area contributed by atoms with Gasteiger partial charge in [0, 0.05) is 19.1 Å². The Morgan fingerprint density at radius 1 is 0.969 bits per heavy atom. The first-order chi connectivity index (χ1) is 15.4. The SMILES string of the molecule is CCS(=O)(=O)c1ccc(-c2cnc(C)c(-c3nnc(-c4ccc(CNC)cc4)o3)n2)cc1.[HH]. The standard InChI is InChI=1S/C23H23N5O3S.H2/c1-4-32(29,30)19-11-9-17(10-12-19)20-14-25-15(2)21(26-20)23-28-27-22(31-23)18-7-5-16(6-8-18)13-24-3;/h5-12,14,24H,4,13H2,1-3H3;1H. The fraction of sp³-hybridized carbons (Fsp3) is 0.217. The Hall–Kier alpha value is -3.43. The monoisotopic (exact) mass is 451 g/mol. The molecule has 0 atom stereocenters. The zero-order valence-electron chi connectivity index (χ0n) is 18.0. The van der Waals surface area contributed by atoms with E-state index in [0.717, 1.165) is 23.2 Å². The molecule has 2 aromatic carbocycles. The van der Waals surface area contributed by atoms with Crippen molar-refractivity contribution in [2.45, 2.75) is 25.3 Å². The van der Waals surface area contributed by atoms with Crippen LogP contribution in [0.15, 0.2) is 64.0 Å². The lowest BCUT2D eigenvalue weighted by Gasteiger charge is -2.06. The van der Waals surface area contributed by atoms with E-state index in [1.807, 2.05) is 38.2 Å². The summed E-state index contributed by atoms with van der Waals surface area (Å²) in [7, 11) is -1.36. The van der Waals surface area contributed by atoms with E-state index in [1.54, 1.807) is 37.4 Å². The maximum atomic E-state index is 12.0. The molecule has 2 aromatic heterocycles. The summed E-state index contributed by atoms with van der Waals surface area (Å²) >= 11 is 0. The van der Waals surface area contributed by atoms with E-state index >= 15 is 0 Å². The molecule has 1 N–H and O–H groups in total. The lowest BCUT2D eigenvalue weighted by atomic mass is 10.1. The van der Waals surface area contributed by atoms with Crippen LogP contribution in [0, 0.1) is 6.92 Å². The quantitative estimate of drug-likeness (QED) is 0.450. The van der Waals surface area contributed by atoms with Gasteiger partial charge in [-0.1, -0.05) is 31.2 Å². The largest absolute Gasteiger partial charge is 0.415 e. The minimum atomic E-state index is -3.26. The van der Waals surface area contributed by atoms with Crippen molar-refractivity contribution in [2.75, 3.05) is 12.8 Å². The summed E-state index contributed by atoms with van der Waals surface area (Å²) < 4.78 is 30.0. The predicted molar refractivity (Wildman–Crippen MR) is 124 cm³/mol. The first-order valence-electron chi connectivity index (χ1n) is 10.2. The Balaban J connectivity index is 0.00000306. The Morgan fingerprint density at radius 3 is 2.28 bits per heavy atom. The summed E-state index contributed by atoms with van der Waals surface area (Å²) in [6, 6.07) is 14.5. The highest BCUT2D eigenvalue weighted by molar-refractivity contribution is 7.91. The van der Waals surface area contributed by atoms with Crippen molar-refractivity contribution in [3.63, 3.8) is 0 Å². The van der Waals surface area contributed by atoms with E-state index in [0.29, 0.717) is 23.0 Å². The summed E-state index contributed by atoms with van der Waals surface area (Å²) in [5, 5.41) is 11.4. The number of rotatable bonds is 7. The van der Waals surface area contributed by atoms with Gasteiger partial charge in [0.05, 0.1) is 28.2 Å². The Kier molecular flexibility index (Phi) is 6.11. The van der Waals surface area contributed by atoms with Crippen LogP contribution in [0.2, 0.25) is 0 Å². The molecule has 4 rings (SSSR count). The van der Waals surface area contributed by atoms with Crippen molar-refractivity contribution in [3.8, 4) is 34.3 Å². The predicted octanol–water partition coefficient (Wildman–Crippen LogP) is 3.93. The third-order valence-corrected chi connectivity index (χ3v) is 6.80. The van der Waals surface area contributed by atoms with Crippen molar-refractivity contribution in [1.82, 2.24) is 25.5 Å². The van der Waals surface area contributed by atoms with Gasteiger partial charge in [-0.05, 0) is 43.8 Å². The fourth-order valence-corrected chi connectivity index (χ4v) is 4.08. The zero-order chi connectivity index (χ0) is 22.7. The van der Waals surface area contributed by atoms with E-state index in [4.69, 9.17) is 4.42 Å². The van der Waals surface area contributed by atoms with E-state index < -0.39 is 9.84 Å². The van der Waals surface area contributed by atoms with Crippen LogP contribution in [0.4, 0.5) is 0 Å². The number of nitrogens with zero attached hydrogens (tertiary/aromatic N) is 4. The molecule has 0 saturated heterocycles. The molecule has 8 nitrogen and oxygen atoms in total. The molecule has 0 aliphatic heterocycles. The summed E-state index contributed by atoms with van der Waals surface area (Å²) in [5.74, 6) is 0.728. The number of sulfone groups is 1. The number of benzene rings is 2. The molecule has 0 aliphatic rings. The maximum absolute atomic E-state index is 12.0. The lowest BCUT2D eigenvalue weighted by Crippen LogP contribution is -2.04. The van der Waals surface area contributed by atoms with Crippen LogP contribution in [0.3, 0.4) is 0 Å². The normalized spacial score (nSPS) is 11.6. The highest BCUT2D eigenvalue weighted by Gasteiger charge is 2.17. The zero-order valence-corrected chi connectivity index (χ0v) is 18.8. The van der Waals surface area contributed by atoms with E-state index in [-0.39, 0.29) is 18.0 Å². The maximum Gasteiger partial charge on any atom is 0.268 e. The van der Waals surface area contributed by atoms with Gasteiger partial charge in [-0.15, -0.1) is 10.2 Å². The van der Waals surface area contributed by atoms with Gasteiger partial charge in [0.1, 0.15) is 5.69 Å². The molecule has 0 aliphatic carbocycles. The highest BCUT2D eigenvalue weighted by atomic mass is 32.2. The molecule has 0 radical (unpaired) electrons. The van der Waals surface area contributed by atoms with Crippen molar-refractivity contribution >= 4 is 9.84 Å². The molecule has 2 heterocycles. The molecule has 4 aromatic rings. The number of nitrogens with one attached hydrogen (secondary N) is 1. The van der Waals surface area contributed by atoms with Crippen molar-refractivity contribution in [2.24, 2.45) is 0 Å². The van der Waals surface area contributed by atoms with Crippen LogP contribution in [0.1, 0.15) is 19.6 Å². The summed E-state index contributed by atoms with van der Waals surface area (Å²) in [4.78, 5) is 9.36. The summed E-state index contributed by atoms with van der Waals surface area (Å²) in [6.07, 6.45) is 1.64. The minimum Gasteiger partial charge on any atom is -0.415 e. The van der Waals surface area contributed by atoms with E-state index in [2.05, 4.69) is 25.5 Å². The van der Waals surface area contributed by atoms with E-state index in [9.17, 15) is 8.42 Å². The van der Waals surface area contributed by atoms with Crippen LogP contribution in [-0.2, 0) is 16.4 Å². The number of aromatic nitrogens is 4. The topological polar surface area (TPSA) is 111 Å². The first-order valence-corrected chi connectivity index (χ1v) is 11.8. The Labute approximate surface area is 188 Å². The molecule has 0 spiro atoms. The van der Waals surface area contributed by atoms with Crippen LogP contribution in [0.5, 0.6) is 0 Å². The average molecular weight is 452 g/mol. The number of hydrogen-bond donors (Lipinski definition) is 1. The molecule has 32 heavy (non-hydrogen) atoms. The van der Waals surface area contributed by atoms with Crippen molar-refractivity contribution < 1.29 is 14.3 Å². The van der Waals surface area contributed by atoms with Crippen LogP contribution in [0.25, 0.3) is 34.3 Å². The fourth-order valence-electron chi connectivity index (χ4n) is 3.20. The van der Waals surface area contributed by atoms with Crippen molar-refractivity contribution in [1.29, 1.82) is 0 Å². The summed E-state index contributed by atoms with van der Waals surface area (Å²) in [5.41, 5.74) is 4.44. The third-order valence-electron chi connectivity index (χ3n) is 5.05. The minimum absolute atomic E-state index is 0. The number of hydrogen-bond acceptors (Lipinski definition) is 8. The van der Waals surface area contributed by atoms with Gasteiger partial charge in [0.2, 0.25) is 5.89 Å². The van der Waals surface area contributed by atoms with E-state index in [1.165, 1.54) is 0 Å². The van der Waals surface area contributed by atoms with Gasteiger partial charge in [-0.3, -0.25) is 4.98 Å². The van der Waals surface area contributed by atoms with Gasteiger partial charge >= 0.3 is 0 Å². The molecule has 166 valence electrons. The van der Waals surface area contributed by atoms with Crippen LogP contribution < -0.4 is 5.32 Å². The Bertz CT molecular complexity index is 1340. The lowest BCUT2D eigenvalue weighted by molar-refractivity contribution is 0.581. The average Bonchev–Trinajstić information content (AvgIpc) is 3.30. The third kappa shape index (κ3) is 4.44. The number of aryl methyl sites for hydroxylation is 1. The highest BCUT2D eigenvalue weighted by Crippen LogP contribution is 2.27. The van der Waals surface area contributed by atoms with Crippen molar-refractivity contribution in [3.05, 3.63) is 66.0 Å². The molecular weight excluding hydrogens is 426 g/mol. The smallest absolute Gasteiger partial charge is 0.268 e. The van der Waals surface area contributed by atoms with Crippen LogP contribution in [-0.4, -0.2) is 41.4 Å². The van der Waals surface area contributed by atoms with Gasteiger partial charge in [0.25, 0.3) is 5.89 Å². The van der Waals surface area contributed by atoms with Gasteiger partial charge in [-0.2, -0.15) is 0 Å². The van der Waals surface area contributed by atoms with Gasteiger partial charge in [-0.25, -0.2) is 13.4 Å². The summed E-state index contributed by atoms with van der Waals surface area (Å²) in [6.45, 7) is 4.22. The van der Waals surface area contributed by atoms with Crippen LogP contribution >= 0.6 is 0 Å². The molecule has 9 heteroatoms.